The number of nitrogens with zero attached hydrogens (tertiary/aromatic N) is 1. The third-order valence-corrected chi connectivity index (χ3v) is 12.4. The molecule has 3 aliphatic rings. The monoisotopic (exact) mass is 841 g/mol. The highest BCUT2D eigenvalue weighted by atomic mass is 35.5. The van der Waals surface area contributed by atoms with E-state index in [0.29, 0.717) is 23.7 Å². The summed E-state index contributed by atoms with van der Waals surface area (Å²) in [5, 5.41) is 1.21. The molecule has 1 saturated heterocycles. The first-order valence-electron chi connectivity index (χ1n) is 20.0. The number of rotatable bonds is 10. The number of hydrogen-bond donors (Lipinski definition) is 2. The summed E-state index contributed by atoms with van der Waals surface area (Å²) in [5.41, 5.74) is 13.6. The summed E-state index contributed by atoms with van der Waals surface area (Å²) in [6, 6.07) is 27.9. The molecule has 320 valence electrons. The number of aryl methyl sites for hydroxylation is 1. The first kappa shape index (κ1) is 44.3. The summed E-state index contributed by atoms with van der Waals surface area (Å²) in [5.74, 6) is 0.441. The number of ether oxygens (including phenoxy) is 7. The van der Waals surface area contributed by atoms with Crippen LogP contribution in [0.1, 0.15) is 63.2 Å². The van der Waals surface area contributed by atoms with Crippen molar-refractivity contribution in [1.29, 1.82) is 0 Å². The molecule has 12 nitrogen and oxygen atoms in total. The molecule has 7 atom stereocenters. The van der Waals surface area contributed by atoms with Crippen LogP contribution in [-0.2, 0) is 25.4 Å². The lowest BCUT2D eigenvalue weighted by Gasteiger charge is -2.52. The number of carbonyl (C=O) groups excluding carboxylic acids is 2. The zero-order valence-corrected chi connectivity index (χ0v) is 36.1. The van der Waals surface area contributed by atoms with Crippen molar-refractivity contribution >= 4 is 35.2 Å². The van der Waals surface area contributed by atoms with Gasteiger partial charge in [0.05, 0.1) is 59.1 Å². The smallest absolute Gasteiger partial charge is 0.338 e. The van der Waals surface area contributed by atoms with Crippen molar-refractivity contribution in [2.24, 2.45) is 23.5 Å². The predicted octanol–water partition coefficient (Wildman–Crippen LogP) is 7.64. The van der Waals surface area contributed by atoms with Crippen LogP contribution in [0.5, 0.6) is 23.0 Å². The van der Waals surface area contributed by atoms with E-state index in [-0.39, 0.29) is 47.9 Å². The van der Waals surface area contributed by atoms with Crippen LogP contribution in [0.2, 0.25) is 0 Å². The average Bonchev–Trinajstić information content (AvgIpc) is 3.66. The Bertz CT molecular complexity index is 2220. The molecule has 2 fully saturated rings. The lowest BCUT2D eigenvalue weighted by atomic mass is 9.63. The number of nitrogens with one attached hydrogen (secondary N) is 1. The minimum atomic E-state index is -0.670. The van der Waals surface area contributed by atoms with E-state index in [1.165, 1.54) is 50.6 Å². The Hall–Kier alpha value is -5.27. The Morgan fingerprint density at radius 2 is 1.50 bits per heavy atom. The van der Waals surface area contributed by atoms with Crippen LogP contribution >= 0.6 is 12.4 Å². The zero-order chi connectivity index (χ0) is 41.8. The van der Waals surface area contributed by atoms with Crippen LogP contribution in [0.15, 0.2) is 84.9 Å². The van der Waals surface area contributed by atoms with Gasteiger partial charge < -0.3 is 43.9 Å². The Morgan fingerprint density at radius 3 is 2.12 bits per heavy atom. The molecule has 60 heavy (non-hydrogen) atoms. The molecule has 8 rings (SSSR count). The molecule has 1 aliphatic carbocycles. The maximum Gasteiger partial charge on any atom is 0.338 e. The van der Waals surface area contributed by atoms with Gasteiger partial charge in [0.25, 0.3) is 0 Å². The molecule has 0 amide bonds. The van der Waals surface area contributed by atoms with Crippen LogP contribution in [0.4, 0.5) is 0 Å². The van der Waals surface area contributed by atoms with E-state index in [9.17, 15) is 9.59 Å². The van der Waals surface area contributed by atoms with Gasteiger partial charge in [-0.05, 0) is 79.0 Å². The SMILES string of the molecule is COC(=O)[C@H]1[C@H]2C[C@@H]3c4[nH]c5cc(OC)ccc5c4CCN3C[C@H]2C[C@@H](OC(=O)c2cc(OC)c(OC)c(OC)c2)[C@@H]1OC.Cc1ccc(C(N)c2ccccc2)cc1.Cl. The third kappa shape index (κ3) is 8.79. The topological polar surface area (TPSA) is 144 Å². The first-order valence-corrected chi connectivity index (χ1v) is 20.0. The van der Waals surface area contributed by atoms with E-state index in [0.717, 1.165) is 48.3 Å². The highest BCUT2D eigenvalue weighted by molar-refractivity contribution is 5.91. The average molecular weight is 842 g/mol. The fraction of sp³-hybridized carbons (Fsp3) is 0.404. The number of fused-ring (bicyclic) bond motifs is 6. The number of aromatic amines is 1. The lowest BCUT2D eigenvalue weighted by molar-refractivity contribution is -0.176. The van der Waals surface area contributed by atoms with E-state index in [1.807, 2.05) is 30.3 Å². The maximum absolute atomic E-state index is 13.5. The van der Waals surface area contributed by atoms with Crippen LogP contribution in [0.25, 0.3) is 10.9 Å². The van der Waals surface area contributed by atoms with Crippen LogP contribution in [0, 0.1) is 24.7 Å². The van der Waals surface area contributed by atoms with Gasteiger partial charge in [0, 0.05) is 42.9 Å². The van der Waals surface area contributed by atoms with E-state index in [4.69, 9.17) is 38.9 Å². The Kier molecular flexibility index (Phi) is 14.3. The summed E-state index contributed by atoms with van der Waals surface area (Å²) >= 11 is 0. The highest BCUT2D eigenvalue weighted by Gasteiger charge is 2.54. The molecule has 13 heteroatoms. The maximum atomic E-state index is 13.5. The van der Waals surface area contributed by atoms with E-state index in [2.05, 4.69) is 59.3 Å². The van der Waals surface area contributed by atoms with E-state index >= 15 is 0 Å². The second-order valence-electron chi connectivity index (χ2n) is 15.5. The number of halogens is 1. The normalized spacial score (nSPS) is 22.3. The second kappa shape index (κ2) is 19.4. The van der Waals surface area contributed by atoms with Crippen molar-refractivity contribution in [3.8, 4) is 23.0 Å². The van der Waals surface area contributed by atoms with Gasteiger partial charge in [0.2, 0.25) is 5.75 Å². The summed E-state index contributed by atoms with van der Waals surface area (Å²) in [4.78, 5) is 33.1. The minimum Gasteiger partial charge on any atom is -0.497 e. The number of nitrogens with two attached hydrogens (primary N) is 1. The minimum absolute atomic E-state index is 0. The summed E-state index contributed by atoms with van der Waals surface area (Å²) in [6.45, 7) is 3.76. The van der Waals surface area contributed by atoms with Crippen molar-refractivity contribution in [3.05, 3.63) is 118 Å². The molecule has 0 bridgehead atoms. The third-order valence-electron chi connectivity index (χ3n) is 12.4. The lowest BCUT2D eigenvalue weighted by Crippen LogP contribution is -2.58. The number of esters is 2. The van der Waals surface area contributed by atoms with Gasteiger partial charge in [0.1, 0.15) is 18.0 Å². The highest BCUT2D eigenvalue weighted by Crippen LogP contribution is 2.51. The van der Waals surface area contributed by atoms with Crippen LogP contribution < -0.4 is 24.7 Å². The molecule has 4 aromatic carbocycles. The number of benzene rings is 4. The Morgan fingerprint density at radius 1 is 0.817 bits per heavy atom. The Labute approximate surface area is 358 Å². The van der Waals surface area contributed by atoms with Gasteiger partial charge in [-0.1, -0.05) is 60.2 Å². The number of piperidine rings is 1. The first-order chi connectivity index (χ1) is 28.6. The van der Waals surface area contributed by atoms with Gasteiger partial charge in [-0.15, -0.1) is 12.4 Å². The van der Waals surface area contributed by atoms with Gasteiger partial charge >= 0.3 is 11.9 Å². The van der Waals surface area contributed by atoms with Gasteiger partial charge in [0.15, 0.2) is 11.5 Å². The molecule has 1 saturated carbocycles. The number of hydrogen-bond acceptors (Lipinski definition) is 11. The quantitative estimate of drug-likeness (QED) is 0.134. The second-order valence-corrected chi connectivity index (χ2v) is 15.5. The Balaban J connectivity index is 0.000000317. The summed E-state index contributed by atoms with van der Waals surface area (Å²) < 4.78 is 39.1. The van der Waals surface area contributed by atoms with Crippen LogP contribution in [-0.4, -0.2) is 89.8 Å². The van der Waals surface area contributed by atoms with Crippen molar-refractivity contribution in [2.75, 3.05) is 55.7 Å². The summed E-state index contributed by atoms with van der Waals surface area (Å²) in [6.07, 6.45) is 0.920. The predicted molar refractivity (Wildman–Crippen MR) is 232 cm³/mol. The number of methoxy groups -OCH3 is 6. The van der Waals surface area contributed by atoms with Gasteiger partial charge in [-0.2, -0.15) is 0 Å². The summed E-state index contributed by atoms with van der Waals surface area (Å²) in [7, 11) is 9.10. The van der Waals surface area contributed by atoms with E-state index < -0.39 is 24.1 Å². The number of H-pyrrole nitrogens is 1. The van der Waals surface area contributed by atoms with Crippen molar-refractivity contribution < 1.29 is 42.7 Å². The fourth-order valence-electron chi connectivity index (χ4n) is 9.39. The molecule has 0 radical (unpaired) electrons. The molecular weight excluding hydrogens is 786 g/mol. The molecule has 1 aromatic heterocycles. The van der Waals surface area contributed by atoms with Crippen molar-refractivity contribution in [3.63, 3.8) is 0 Å². The number of aromatic nitrogens is 1. The van der Waals surface area contributed by atoms with Gasteiger partial charge in [-0.25, -0.2) is 4.79 Å². The molecular formula is C47H56ClN3O9. The van der Waals surface area contributed by atoms with Crippen LogP contribution in [0.3, 0.4) is 0 Å². The molecule has 3 heterocycles. The fourth-order valence-corrected chi connectivity index (χ4v) is 9.39. The largest absolute Gasteiger partial charge is 0.497 e. The molecule has 3 N–H and O–H groups in total. The molecule has 0 spiro atoms. The molecule has 2 aliphatic heterocycles. The zero-order valence-electron chi connectivity index (χ0n) is 35.3. The standard InChI is InChI=1S/C33H40N2O9.C14H15N.ClH/c1-38-19-7-8-20-21-9-10-35-16-18-13-27(44-32(36)17-11-25(39-2)30(41-4)26(12-17)40-3)31(42-5)28(33(37)43-6)22(18)15-24(35)29(21)34-23(20)14-19;1-11-7-9-13(10-8-11)14(15)12-5-3-2-4-6-12;/h7-8,11-12,14,18,22,24,27-28,31,34H,9-10,13,15-16H2,1-6H3;2-10,14H,15H2,1H3;1H/t18-,22+,24-,27-,28+,31+;;/m1../s1. The van der Waals surface area contributed by atoms with Crippen molar-refractivity contribution in [2.45, 2.75) is 50.5 Å². The number of carbonyl (C=O) groups is 2. The molecule has 1 unspecified atom stereocenters. The van der Waals surface area contributed by atoms with Crippen molar-refractivity contribution in [1.82, 2.24) is 9.88 Å². The van der Waals surface area contributed by atoms with Gasteiger partial charge in [-0.3, -0.25) is 9.69 Å². The van der Waals surface area contributed by atoms with E-state index in [1.54, 1.807) is 26.4 Å². The molecule has 5 aromatic rings.